The minimum absolute atomic E-state index is 0.203. The molecular weight excluding hydrogens is 222 g/mol. The van der Waals surface area contributed by atoms with E-state index in [9.17, 15) is 0 Å². The van der Waals surface area contributed by atoms with Crippen LogP contribution in [0.5, 0.6) is 0 Å². The molecule has 5 heteroatoms. The van der Waals surface area contributed by atoms with Gasteiger partial charge in [0.1, 0.15) is 0 Å². The lowest BCUT2D eigenvalue weighted by molar-refractivity contribution is 0.110. The second-order valence-corrected chi connectivity index (χ2v) is 3.84. The highest BCUT2D eigenvalue weighted by Gasteiger charge is 1.91. The average Bonchev–Trinajstić information content (AvgIpc) is 2.35. The first-order valence-electron chi connectivity index (χ1n) is 6.49. The smallest absolute Gasteiger partial charge is 0.0487 e. The van der Waals surface area contributed by atoms with E-state index in [0.717, 1.165) is 52.0 Å². The molecule has 0 radical (unpaired) electrons. The Hall–Kier alpha value is -0.200. The fourth-order valence-electron chi connectivity index (χ4n) is 1.26. The maximum absolute atomic E-state index is 8.53. The van der Waals surface area contributed by atoms with Gasteiger partial charge in [0.15, 0.2) is 0 Å². The van der Waals surface area contributed by atoms with E-state index in [1.165, 1.54) is 0 Å². The molecule has 0 aliphatic heterocycles. The van der Waals surface area contributed by atoms with Gasteiger partial charge < -0.3 is 25.0 Å². The average molecular weight is 249 g/mol. The summed E-state index contributed by atoms with van der Waals surface area (Å²) in [7, 11) is 0. The van der Waals surface area contributed by atoms with Crippen molar-refractivity contribution < 1.29 is 19.7 Å². The molecular formula is C12H27NO4. The van der Waals surface area contributed by atoms with Crippen LogP contribution >= 0.6 is 0 Å². The molecule has 0 aliphatic carbocycles. The lowest BCUT2D eigenvalue weighted by Crippen LogP contribution is -2.19. The van der Waals surface area contributed by atoms with Gasteiger partial charge in [-0.15, -0.1) is 0 Å². The molecule has 3 N–H and O–H groups in total. The van der Waals surface area contributed by atoms with Crippen molar-refractivity contribution in [3.63, 3.8) is 0 Å². The summed E-state index contributed by atoms with van der Waals surface area (Å²) in [5, 5.41) is 20.4. The zero-order valence-electron chi connectivity index (χ0n) is 10.7. The Morgan fingerprint density at radius 1 is 0.647 bits per heavy atom. The molecule has 17 heavy (non-hydrogen) atoms. The van der Waals surface area contributed by atoms with Gasteiger partial charge in [-0.05, 0) is 38.8 Å². The Morgan fingerprint density at radius 3 is 1.47 bits per heavy atom. The largest absolute Gasteiger partial charge is 0.396 e. The Morgan fingerprint density at radius 2 is 1.06 bits per heavy atom. The minimum atomic E-state index is 0.203. The summed E-state index contributed by atoms with van der Waals surface area (Å²) in [4.78, 5) is 0. The Bertz CT molecular complexity index is 122. The summed E-state index contributed by atoms with van der Waals surface area (Å²) in [5.41, 5.74) is 0. The van der Waals surface area contributed by atoms with E-state index in [1.54, 1.807) is 0 Å². The van der Waals surface area contributed by atoms with Crippen LogP contribution in [0.1, 0.15) is 25.7 Å². The first-order valence-corrected chi connectivity index (χ1v) is 6.49. The molecule has 0 aromatic heterocycles. The minimum Gasteiger partial charge on any atom is -0.396 e. The number of nitrogens with one attached hydrogen (secondary N) is 1. The van der Waals surface area contributed by atoms with Gasteiger partial charge in [-0.2, -0.15) is 0 Å². The van der Waals surface area contributed by atoms with Crippen LogP contribution in [0.15, 0.2) is 0 Å². The summed E-state index contributed by atoms with van der Waals surface area (Å²) in [6.45, 7) is 5.11. The Kier molecular flexibility index (Phi) is 15.6. The van der Waals surface area contributed by atoms with E-state index >= 15 is 0 Å². The molecule has 0 aromatic carbocycles. The summed E-state index contributed by atoms with van der Waals surface area (Å²) < 4.78 is 10.6. The second kappa shape index (κ2) is 15.8. The van der Waals surface area contributed by atoms with Crippen molar-refractivity contribution in [2.24, 2.45) is 0 Å². The van der Waals surface area contributed by atoms with Gasteiger partial charge in [0.2, 0.25) is 0 Å². The van der Waals surface area contributed by atoms with E-state index in [4.69, 9.17) is 19.7 Å². The molecule has 5 nitrogen and oxygen atoms in total. The van der Waals surface area contributed by atoms with Gasteiger partial charge in [0, 0.05) is 39.6 Å². The Labute approximate surface area is 104 Å². The fraction of sp³-hybridized carbons (Fsp3) is 1.00. The van der Waals surface area contributed by atoms with Crippen molar-refractivity contribution in [3.8, 4) is 0 Å². The van der Waals surface area contributed by atoms with Crippen LogP contribution in [0.2, 0.25) is 0 Å². The lowest BCUT2D eigenvalue weighted by Gasteiger charge is -2.06. The maximum Gasteiger partial charge on any atom is 0.0487 e. The number of aliphatic hydroxyl groups excluding tert-OH is 2. The summed E-state index contributed by atoms with van der Waals surface area (Å²) in [6, 6.07) is 0. The van der Waals surface area contributed by atoms with Crippen LogP contribution in [0, 0.1) is 0 Å². The molecule has 0 heterocycles. The van der Waals surface area contributed by atoms with E-state index in [-0.39, 0.29) is 13.2 Å². The lowest BCUT2D eigenvalue weighted by atomic mass is 10.4. The van der Waals surface area contributed by atoms with E-state index < -0.39 is 0 Å². The van der Waals surface area contributed by atoms with E-state index in [1.807, 2.05) is 0 Å². The van der Waals surface area contributed by atoms with Crippen LogP contribution in [0.25, 0.3) is 0 Å². The highest BCUT2D eigenvalue weighted by molar-refractivity contribution is 4.48. The van der Waals surface area contributed by atoms with Crippen molar-refractivity contribution in [1.29, 1.82) is 0 Å². The predicted octanol–water partition coefficient (Wildman–Crippen LogP) is 0.154. The zero-order valence-corrected chi connectivity index (χ0v) is 10.7. The first kappa shape index (κ1) is 16.8. The number of hydrogen-bond donors (Lipinski definition) is 3. The molecule has 0 saturated heterocycles. The Balaban J connectivity index is 2.85. The van der Waals surface area contributed by atoms with E-state index in [2.05, 4.69) is 5.32 Å². The highest BCUT2D eigenvalue weighted by atomic mass is 16.5. The number of ether oxygens (including phenoxy) is 2. The molecule has 0 fully saturated rings. The SMILES string of the molecule is OCCCOCCCNCCCOCCCO. The van der Waals surface area contributed by atoms with Crippen molar-refractivity contribution >= 4 is 0 Å². The predicted molar refractivity (Wildman–Crippen MR) is 67.1 cm³/mol. The third kappa shape index (κ3) is 15.8. The molecule has 0 unspecified atom stereocenters. The van der Waals surface area contributed by atoms with Crippen LogP contribution in [0.3, 0.4) is 0 Å². The van der Waals surface area contributed by atoms with Gasteiger partial charge in [-0.25, -0.2) is 0 Å². The van der Waals surface area contributed by atoms with Crippen molar-refractivity contribution in [1.82, 2.24) is 5.32 Å². The molecule has 0 spiro atoms. The molecule has 0 saturated carbocycles. The highest BCUT2D eigenvalue weighted by Crippen LogP contribution is 1.86. The quantitative estimate of drug-likeness (QED) is 0.382. The monoisotopic (exact) mass is 249 g/mol. The van der Waals surface area contributed by atoms with Crippen LogP contribution in [-0.4, -0.2) is 62.9 Å². The number of hydrogen-bond acceptors (Lipinski definition) is 5. The fourth-order valence-corrected chi connectivity index (χ4v) is 1.26. The van der Waals surface area contributed by atoms with Gasteiger partial charge >= 0.3 is 0 Å². The molecule has 0 atom stereocenters. The van der Waals surface area contributed by atoms with Crippen molar-refractivity contribution in [3.05, 3.63) is 0 Å². The molecule has 0 bridgehead atoms. The van der Waals surface area contributed by atoms with Crippen molar-refractivity contribution in [2.45, 2.75) is 25.7 Å². The summed E-state index contributed by atoms with van der Waals surface area (Å²) >= 11 is 0. The number of aliphatic hydroxyl groups is 2. The first-order chi connectivity index (χ1) is 8.41. The van der Waals surface area contributed by atoms with Crippen LogP contribution in [0.4, 0.5) is 0 Å². The molecule has 0 amide bonds. The van der Waals surface area contributed by atoms with Crippen molar-refractivity contribution in [2.75, 3.05) is 52.7 Å². The summed E-state index contributed by atoms with van der Waals surface area (Å²) in [5.74, 6) is 0. The standard InChI is InChI=1S/C12H27NO4/c14-7-3-11-16-9-1-5-13-6-2-10-17-12-4-8-15/h13-15H,1-12H2. The van der Waals surface area contributed by atoms with Crippen LogP contribution < -0.4 is 5.32 Å². The third-order valence-corrected chi connectivity index (χ3v) is 2.18. The third-order valence-electron chi connectivity index (χ3n) is 2.18. The van der Waals surface area contributed by atoms with Gasteiger partial charge in [-0.1, -0.05) is 0 Å². The van der Waals surface area contributed by atoms with Crippen LogP contribution in [-0.2, 0) is 9.47 Å². The number of rotatable bonds is 14. The normalized spacial score (nSPS) is 10.9. The topological polar surface area (TPSA) is 71.0 Å². The van der Waals surface area contributed by atoms with Gasteiger partial charge in [0.05, 0.1) is 0 Å². The van der Waals surface area contributed by atoms with Gasteiger partial charge in [-0.3, -0.25) is 0 Å². The second-order valence-electron chi connectivity index (χ2n) is 3.84. The summed E-state index contributed by atoms with van der Waals surface area (Å²) in [6.07, 6.45) is 3.44. The van der Waals surface area contributed by atoms with E-state index in [0.29, 0.717) is 13.2 Å². The molecule has 0 rings (SSSR count). The molecule has 104 valence electrons. The molecule has 0 aromatic rings. The maximum atomic E-state index is 8.53. The van der Waals surface area contributed by atoms with Gasteiger partial charge in [0.25, 0.3) is 0 Å². The molecule has 0 aliphatic rings. The zero-order chi connectivity index (χ0) is 12.6.